The minimum Gasteiger partial charge on any atom is -0.372 e. The van der Waals surface area contributed by atoms with Crippen LogP contribution in [-0.2, 0) is 9.59 Å². The predicted octanol–water partition coefficient (Wildman–Crippen LogP) is 5.09. The maximum atomic E-state index is 13.2. The van der Waals surface area contributed by atoms with Gasteiger partial charge in [0.1, 0.15) is 0 Å². The fourth-order valence-corrected chi connectivity index (χ4v) is 7.17. The van der Waals surface area contributed by atoms with Crippen molar-refractivity contribution in [3.63, 3.8) is 0 Å². The van der Waals surface area contributed by atoms with Gasteiger partial charge in [-0.1, -0.05) is 35.3 Å². The Labute approximate surface area is 303 Å². The summed E-state index contributed by atoms with van der Waals surface area (Å²) in [5.41, 5.74) is 4.22. The molecule has 1 unspecified atom stereocenters. The third-order valence-electron chi connectivity index (χ3n) is 9.54. The van der Waals surface area contributed by atoms with Crippen LogP contribution < -0.4 is 20.9 Å². The zero-order chi connectivity index (χ0) is 35.6. The largest absolute Gasteiger partial charge is 0.372 e. The van der Waals surface area contributed by atoms with Crippen molar-refractivity contribution < 1.29 is 14.4 Å². The summed E-state index contributed by atoms with van der Waals surface area (Å²) in [4.78, 5) is 51.8. The molecule has 0 bridgehead atoms. The van der Waals surface area contributed by atoms with E-state index in [4.69, 9.17) is 23.2 Å². The number of hydrogen-bond acceptors (Lipinski definition) is 10. The van der Waals surface area contributed by atoms with Crippen LogP contribution >= 0.6 is 23.2 Å². The first-order valence-corrected chi connectivity index (χ1v) is 17.4. The molecule has 3 N–H and O–H groups in total. The van der Waals surface area contributed by atoms with E-state index in [1.165, 1.54) is 23.4 Å². The van der Waals surface area contributed by atoms with Crippen molar-refractivity contribution in [2.75, 3.05) is 42.2 Å². The fourth-order valence-electron chi connectivity index (χ4n) is 6.75. The second-order valence-corrected chi connectivity index (χ2v) is 13.7. The molecule has 0 radical (unpaired) electrons. The molecule has 0 saturated carbocycles. The quantitative estimate of drug-likeness (QED) is 0.174. The van der Waals surface area contributed by atoms with E-state index in [9.17, 15) is 14.4 Å². The van der Waals surface area contributed by atoms with Crippen LogP contribution in [0.1, 0.15) is 55.8 Å². The molecule has 264 valence electrons. The summed E-state index contributed by atoms with van der Waals surface area (Å²) in [7, 11) is 2.07. The molecule has 2 aliphatic heterocycles. The highest BCUT2D eigenvalue weighted by atomic mass is 35.5. The van der Waals surface area contributed by atoms with Crippen LogP contribution in [0.25, 0.3) is 11.5 Å². The van der Waals surface area contributed by atoms with Crippen LogP contribution in [0.15, 0.2) is 61.2 Å². The Balaban J connectivity index is 0.991. The number of carbonyl (C=O) groups is 3. The minimum absolute atomic E-state index is 0.170. The van der Waals surface area contributed by atoms with E-state index in [-0.39, 0.29) is 28.8 Å². The third-order valence-corrected chi connectivity index (χ3v) is 10.0. The molecule has 1 aromatic carbocycles. The van der Waals surface area contributed by atoms with Crippen LogP contribution in [0.2, 0.25) is 10.2 Å². The number of halogens is 2. The molecule has 5 aromatic rings. The Kier molecular flexibility index (Phi) is 9.84. The van der Waals surface area contributed by atoms with Crippen LogP contribution in [0.4, 0.5) is 21.9 Å². The Morgan fingerprint density at radius 3 is 2.47 bits per heavy atom. The van der Waals surface area contributed by atoms with Crippen molar-refractivity contribution in [2.45, 2.75) is 44.6 Å². The van der Waals surface area contributed by atoms with Gasteiger partial charge in [-0.3, -0.25) is 19.8 Å². The lowest BCUT2D eigenvalue weighted by Crippen LogP contribution is -2.39. The number of carbonyl (C=O) groups excluding carboxylic acids is 3. The molecule has 4 amide bonds. The van der Waals surface area contributed by atoms with Gasteiger partial charge in [0.15, 0.2) is 16.6 Å². The van der Waals surface area contributed by atoms with Crippen LogP contribution in [0, 0.1) is 5.92 Å². The van der Waals surface area contributed by atoms with Gasteiger partial charge in [0.05, 0.1) is 58.8 Å². The second-order valence-electron chi connectivity index (χ2n) is 12.9. The molecule has 0 spiro atoms. The first kappa shape index (κ1) is 34.3. The maximum absolute atomic E-state index is 13.2. The molecule has 4 aromatic heterocycles. The van der Waals surface area contributed by atoms with Gasteiger partial charge >= 0.3 is 6.03 Å². The number of amides is 4. The normalized spacial score (nSPS) is 17.5. The van der Waals surface area contributed by atoms with E-state index in [1.807, 2.05) is 12.1 Å². The number of anilines is 3. The van der Waals surface area contributed by atoms with E-state index in [1.54, 1.807) is 22.8 Å². The summed E-state index contributed by atoms with van der Waals surface area (Å²) in [5.74, 6) is 0.0734. The summed E-state index contributed by atoms with van der Waals surface area (Å²) in [6.07, 6.45) is 9.02. The molecule has 2 saturated heterocycles. The Bertz CT molecular complexity index is 2060. The van der Waals surface area contributed by atoms with Gasteiger partial charge in [0, 0.05) is 37.8 Å². The van der Waals surface area contributed by atoms with Gasteiger partial charge in [-0.25, -0.2) is 19.3 Å². The fraction of sp³-hybridized carbons (Fsp3) is 0.353. The number of imide groups is 1. The van der Waals surface area contributed by atoms with Crippen molar-refractivity contribution >= 4 is 63.8 Å². The predicted molar refractivity (Wildman–Crippen MR) is 192 cm³/mol. The number of aromatic nitrogens is 7. The topological polar surface area (TPSA) is 168 Å². The highest BCUT2D eigenvalue weighted by Crippen LogP contribution is 2.32. The number of nitrogens with zero attached hydrogens (tertiary/aromatic N) is 9. The third kappa shape index (κ3) is 7.50. The first-order chi connectivity index (χ1) is 24.6. The summed E-state index contributed by atoms with van der Waals surface area (Å²) < 4.78 is 1.67. The number of rotatable bonds is 9. The molecule has 6 heterocycles. The lowest BCUT2D eigenvalue weighted by molar-refractivity contribution is -0.134. The second kappa shape index (κ2) is 14.6. The van der Waals surface area contributed by atoms with E-state index < -0.39 is 6.03 Å². The molecular weight excluding hydrogens is 695 g/mol. The molecule has 15 nitrogen and oxygen atoms in total. The molecule has 2 atom stereocenters. The summed E-state index contributed by atoms with van der Waals surface area (Å²) in [6, 6.07) is 10.7. The average Bonchev–Trinajstić information content (AvgIpc) is 3.78. The van der Waals surface area contributed by atoms with Gasteiger partial charge in [0.25, 0.3) is 0 Å². The van der Waals surface area contributed by atoms with Crippen molar-refractivity contribution in [2.24, 2.45) is 5.92 Å². The van der Waals surface area contributed by atoms with Crippen LogP contribution in [0.5, 0.6) is 0 Å². The van der Waals surface area contributed by atoms with Crippen molar-refractivity contribution in [1.29, 1.82) is 0 Å². The van der Waals surface area contributed by atoms with Gasteiger partial charge in [-0.05, 0) is 62.9 Å². The van der Waals surface area contributed by atoms with Crippen LogP contribution in [0.3, 0.4) is 0 Å². The molecule has 0 aliphatic carbocycles. The highest BCUT2D eigenvalue weighted by Gasteiger charge is 2.29. The molecule has 2 aliphatic rings. The summed E-state index contributed by atoms with van der Waals surface area (Å²) in [5, 5.41) is 21.3. The highest BCUT2D eigenvalue weighted by molar-refractivity contribution is 6.32. The van der Waals surface area contributed by atoms with Crippen molar-refractivity contribution in [3.8, 4) is 5.82 Å². The average molecular weight is 732 g/mol. The number of fused-ring (bicyclic) bond motifs is 1. The molecule has 7 rings (SSSR count). The number of urea groups is 1. The lowest BCUT2D eigenvalue weighted by Gasteiger charge is -2.37. The molecule has 17 heteroatoms. The Morgan fingerprint density at radius 1 is 1.02 bits per heavy atom. The minimum atomic E-state index is -0.508. The zero-order valence-corrected chi connectivity index (χ0v) is 29.5. The number of benzene rings is 1. The smallest absolute Gasteiger partial charge is 0.323 e. The van der Waals surface area contributed by atoms with Gasteiger partial charge in [0.2, 0.25) is 11.8 Å². The van der Waals surface area contributed by atoms with Gasteiger partial charge in [-0.2, -0.15) is 15.3 Å². The SMILES string of the molecule is C[C@H](c1c(NC(=O)Nc2cnc(-n3nccn3)c(Cl)c2)cnc2cc(Cl)nn12)N(C)CC1CCN(c2ccc(C3CCC(=O)NC3=O)cc2)CC1. The lowest BCUT2D eigenvalue weighted by atomic mass is 9.90. The van der Waals surface area contributed by atoms with Gasteiger partial charge < -0.3 is 15.5 Å². The Morgan fingerprint density at radius 2 is 1.76 bits per heavy atom. The number of hydrogen-bond donors (Lipinski definition) is 3. The van der Waals surface area contributed by atoms with Crippen LogP contribution in [-0.4, -0.2) is 84.0 Å². The molecular formula is C34H36Cl2N12O3. The van der Waals surface area contributed by atoms with E-state index in [0.717, 1.165) is 49.4 Å². The summed E-state index contributed by atoms with van der Waals surface area (Å²) in [6.45, 7) is 4.71. The first-order valence-electron chi connectivity index (χ1n) is 16.7. The number of nitrogens with one attached hydrogen (secondary N) is 3. The number of pyridine rings is 1. The number of piperidine rings is 2. The van der Waals surface area contributed by atoms with Crippen molar-refractivity contribution in [1.82, 2.24) is 44.8 Å². The Hall–Kier alpha value is -5.12. The van der Waals surface area contributed by atoms with E-state index in [0.29, 0.717) is 46.8 Å². The standard InChI is InChI=1S/C34H36Cl2N12O3/c1-20(45(2)19-21-9-13-46(14-10-21)24-5-3-22(4-6-24)25-7-8-30(49)43-33(25)50)31-27(18-37-29-16-28(36)44-47(29)31)42-34(51)41-23-15-26(35)32(38-17-23)48-39-11-12-40-48/h3-6,11-12,15-18,20-21,25H,7-10,13-14,19H2,1-2H3,(H2,41,42,51)(H,43,49,50)/t20-,25?/m1/s1. The molecule has 51 heavy (non-hydrogen) atoms. The van der Waals surface area contributed by atoms with Gasteiger partial charge in [-0.15, -0.1) is 4.80 Å². The zero-order valence-electron chi connectivity index (χ0n) is 28.0. The maximum Gasteiger partial charge on any atom is 0.323 e. The van der Waals surface area contributed by atoms with Crippen molar-refractivity contribution in [3.05, 3.63) is 82.6 Å². The molecule has 2 fully saturated rings. The van der Waals surface area contributed by atoms with E-state index >= 15 is 0 Å². The monoisotopic (exact) mass is 730 g/mol. The summed E-state index contributed by atoms with van der Waals surface area (Å²) >= 11 is 12.7. The van der Waals surface area contributed by atoms with E-state index in [2.05, 4.69) is 77.1 Å².